The molecule has 1 aliphatic heterocycles. The molecular formula is C29H31BrN2O6S. The highest BCUT2D eigenvalue weighted by Crippen LogP contribution is 2.38. The summed E-state index contributed by atoms with van der Waals surface area (Å²) < 4.78 is 46.3. The lowest BCUT2D eigenvalue weighted by molar-refractivity contribution is -0.117. The molecule has 5 rings (SSSR count). The SMILES string of the molecule is COc1ccc(Br)c(S(=O)(=O)Nc2cccc(N3CC(c4ccc(OC)c(OC5CCCC5)c4)CC3=O)c2)c1. The first-order valence-electron chi connectivity index (χ1n) is 12.9. The molecule has 2 aliphatic rings. The number of halogens is 1. The van der Waals surface area contributed by atoms with Crippen molar-refractivity contribution in [2.75, 3.05) is 30.4 Å². The minimum Gasteiger partial charge on any atom is -0.497 e. The predicted molar refractivity (Wildman–Crippen MR) is 154 cm³/mol. The summed E-state index contributed by atoms with van der Waals surface area (Å²) in [4.78, 5) is 14.8. The molecule has 1 aliphatic carbocycles. The van der Waals surface area contributed by atoms with Gasteiger partial charge < -0.3 is 19.1 Å². The van der Waals surface area contributed by atoms with Gasteiger partial charge >= 0.3 is 0 Å². The smallest absolute Gasteiger partial charge is 0.263 e. The van der Waals surface area contributed by atoms with Crippen molar-refractivity contribution in [1.82, 2.24) is 0 Å². The summed E-state index contributed by atoms with van der Waals surface area (Å²) in [5.41, 5.74) is 2.00. The Morgan fingerprint density at radius 2 is 1.74 bits per heavy atom. The molecule has 2 fully saturated rings. The van der Waals surface area contributed by atoms with Crippen LogP contribution in [-0.4, -0.2) is 41.2 Å². The Kier molecular flexibility index (Phi) is 8.04. The summed E-state index contributed by atoms with van der Waals surface area (Å²) in [6.07, 6.45) is 4.97. The zero-order valence-electron chi connectivity index (χ0n) is 21.9. The maximum Gasteiger partial charge on any atom is 0.263 e. The summed E-state index contributed by atoms with van der Waals surface area (Å²) in [6, 6.07) is 17.5. The average Bonchev–Trinajstić information content (AvgIpc) is 3.58. The number of methoxy groups -OCH3 is 2. The molecule has 39 heavy (non-hydrogen) atoms. The van der Waals surface area contributed by atoms with Crippen LogP contribution in [0.5, 0.6) is 17.2 Å². The number of hydrogen-bond donors (Lipinski definition) is 1. The molecular weight excluding hydrogens is 584 g/mol. The third-order valence-electron chi connectivity index (χ3n) is 7.22. The standard InChI is InChI=1S/C29H31BrN2O6S/c1-36-24-11-12-25(30)28(17-24)39(34,35)31-21-6-5-7-22(16-21)32-18-20(15-29(32)33)19-10-13-26(37-2)27(14-19)38-23-8-3-4-9-23/h5-7,10-14,16-17,20,23,31H,3-4,8-9,15,18H2,1-2H3. The van der Waals surface area contributed by atoms with Crippen LogP contribution in [0.1, 0.15) is 43.6 Å². The number of ether oxygens (including phenoxy) is 3. The van der Waals surface area contributed by atoms with Crippen LogP contribution in [0.2, 0.25) is 0 Å². The second kappa shape index (κ2) is 11.5. The first-order valence-corrected chi connectivity index (χ1v) is 15.2. The minimum atomic E-state index is -3.91. The van der Waals surface area contributed by atoms with Gasteiger partial charge in [0.05, 0.1) is 26.0 Å². The molecule has 1 saturated carbocycles. The minimum absolute atomic E-state index is 0.0235. The molecule has 8 nitrogen and oxygen atoms in total. The van der Waals surface area contributed by atoms with Crippen LogP contribution in [0, 0.1) is 0 Å². The topological polar surface area (TPSA) is 94.2 Å². The fourth-order valence-electron chi connectivity index (χ4n) is 5.17. The summed E-state index contributed by atoms with van der Waals surface area (Å²) in [7, 11) is -0.803. The number of carbonyl (C=O) groups excluding carboxylic acids is 1. The van der Waals surface area contributed by atoms with E-state index in [-0.39, 0.29) is 22.8 Å². The Morgan fingerprint density at radius 1 is 0.949 bits per heavy atom. The number of carbonyl (C=O) groups is 1. The monoisotopic (exact) mass is 614 g/mol. The van der Waals surface area contributed by atoms with Gasteiger partial charge in [0.2, 0.25) is 5.91 Å². The molecule has 1 atom stereocenters. The highest BCUT2D eigenvalue weighted by atomic mass is 79.9. The highest BCUT2D eigenvalue weighted by molar-refractivity contribution is 9.10. The molecule has 1 saturated heterocycles. The molecule has 3 aromatic carbocycles. The molecule has 1 N–H and O–H groups in total. The first kappa shape index (κ1) is 27.3. The number of hydrogen-bond acceptors (Lipinski definition) is 6. The third kappa shape index (κ3) is 6.01. The Hall–Kier alpha value is -3.24. The number of benzene rings is 3. The third-order valence-corrected chi connectivity index (χ3v) is 9.59. The van der Waals surface area contributed by atoms with Gasteiger partial charge in [-0.3, -0.25) is 9.52 Å². The largest absolute Gasteiger partial charge is 0.497 e. The van der Waals surface area contributed by atoms with E-state index >= 15 is 0 Å². The van der Waals surface area contributed by atoms with E-state index < -0.39 is 10.0 Å². The van der Waals surface area contributed by atoms with Gasteiger partial charge in [0, 0.05) is 35.1 Å². The number of amides is 1. The van der Waals surface area contributed by atoms with Crippen molar-refractivity contribution in [3.8, 4) is 17.2 Å². The predicted octanol–water partition coefficient (Wildman–Crippen LogP) is 6.11. The Morgan fingerprint density at radius 3 is 2.49 bits per heavy atom. The van der Waals surface area contributed by atoms with Crippen molar-refractivity contribution >= 4 is 43.2 Å². The maximum absolute atomic E-state index is 13.1. The van der Waals surface area contributed by atoms with E-state index in [9.17, 15) is 13.2 Å². The highest BCUT2D eigenvalue weighted by Gasteiger charge is 2.33. The maximum atomic E-state index is 13.1. The van der Waals surface area contributed by atoms with Crippen molar-refractivity contribution in [3.05, 3.63) is 70.7 Å². The van der Waals surface area contributed by atoms with Gasteiger partial charge in [0.15, 0.2) is 11.5 Å². The Labute approximate surface area is 237 Å². The van der Waals surface area contributed by atoms with E-state index in [1.54, 1.807) is 42.3 Å². The van der Waals surface area contributed by atoms with Crippen LogP contribution < -0.4 is 23.8 Å². The van der Waals surface area contributed by atoms with Crippen LogP contribution in [-0.2, 0) is 14.8 Å². The molecule has 0 bridgehead atoms. The molecule has 10 heteroatoms. The zero-order chi connectivity index (χ0) is 27.6. The number of sulfonamides is 1. The lowest BCUT2D eigenvalue weighted by atomic mass is 9.98. The van der Waals surface area contributed by atoms with E-state index in [0.29, 0.717) is 46.1 Å². The number of anilines is 2. The summed E-state index contributed by atoms with van der Waals surface area (Å²) in [5, 5.41) is 0. The Balaban J connectivity index is 1.34. The van der Waals surface area contributed by atoms with Crippen LogP contribution in [0.4, 0.5) is 11.4 Å². The lowest BCUT2D eigenvalue weighted by Gasteiger charge is -2.20. The van der Waals surface area contributed by atoms with E-state index in [1.807, 2.05) is 24.3 Å². The van der Waals surface area contributed by atoms with Gasteiger partial charge in [0.1, 0.15) is 10.6 Å². The first-order chi connectivity index (χ1) is 18.8. The van der Waals surface area contributed by atoms with Crippen LogP contribution in [0.3, 0.4) is 0 Å². The number of rotatable bonds is 9. The van der Waals surface area contributed by atoms with Gasteiger partial charge in [-0.25, -0.2) is 8.42 Å². The van der Waals surface area contributed by atoms with Crippen LogP contribution in [0.15, 0.2) is 70.0 Å². The molecule has 0 spiro atoms. The van der Waals surface area contributed by atoms with Crippen LogP contribution in [0.25, 0.3) is 0 Å². The lowest BCUT2D eigenvalue weighted by Crippen LogP contribution is -2.24. The summed E-state index contributed by atoms with van der Waals surface area (Å²) >= 11 is 3.31. The summed E-state index contributed by atoms with van der Waals surface area (Å²) in [6.45, 7) is 0.478. The normalized spacial score (nSPS) is 17.9. The number of nitrogens with zero attached hydrogens (tertiary/aromatic N) is 1. The van der Waals surface area contributed by atoms with Crippen molar-refractivity contribution in [3.63, 3.8) is 0 Å². The van der Waals surface area contributed by atoms with Gasteiger partial charge in [-0.2, -0.15) is 0 Å². The molecule has 1 heterocycles. The van der Waals surface area contributed by atoms with Crippen molar-refractivity contribution in [2.45, 2.75) is 49.0 Å². The van der Waals surface area contributed by atoms with E-state index in [1.165, 1.54) is 26.0 Å². The molecule has 206 valence electrons. The molecule has 3 aromatic rings. The molecule has 1 amide bonds. The van der Waals surface area contributed by atoms with E-state index in [2.05, 4.69) is 20.7 Å². The van der Waals surface area contributed by atoms with E-state index in [4.69, 9.17) is 14.2 Å². The van der Waals surface area contributed by atoms with Gasteiger partial charge in [-0.1, -0.05) is 12.1 Å². The Bertz CT molecular complexity index is 1470. The molecule has 1 unspecified atom stereocenters. The zero-order valence-corrected chi connectivity index (χ0v) is 24.3. The van der Waals surface area contributed by atoms with Crippen molar-refractivity contribution in [1.29, 1.82) is 0 Å². The van der Waals surface area contributed by atoms with Gasteiger partial charge in [0.25, 0.3) is 10.0 Å². The molecule has 0 aromatic heterocycles. The summed E-state index contributed by atoms with van der Waals surface area (Å²) in [5.74, 6) is 1.78. The van der Waals surface area contributed by atoms with E-state index in [0.717, 1.165) is 18.4 Å². The number of nitrogens with one attached hydrogen (secondary N) is 1. The van der Waals surface area contributed by atoms with Crippen molar-refractivity contribution < 1.29 is 27.4 Å². The van der Waals surface area contributed by atoms with Gasteiger partial charge in [-0.15, -0.1) is 0 Å². The fraction of sp³-hybridized carbons (Fsp3) is 0.345. The molecule has 0 radical (unpaired) electrons. The average molecular weight is 616 g/mol. The van der Waals surface area contributed by atoms with Crippen molar-refractivity contribution in [2.24, 2.45) is 0 Å². The van der Waals surface area contributed by atoms with Crippen LogP contribution >= 0.6 is 15.9 Å². The quantitative estimate of drug-likeness (QED) is 0.312. The fourth-order valence-corrected chi connectivity index (χ4v) is 7.20. The second-order valence-electron chi connectivity index (χ2n) is 9.79. The van der Waals surface area contributed by atoms with Gasteiger partial charge in [-0.05, 0) is 89.6 Å². The second-order valence-corrected chi connectivity index (χ2v) is 12.3.